The van der Waals surface area contributed by atoms with E-state index in [2.05, 4.69) is 60.4 Å². The summed E-state index contributed by atoms with van der Waals surface area (Å²) < 4.78 is 15.3. The molecular weight excluding hydrogens is 457 g/mol. The number of aryl methyl sites for hydroxylation is 1. The zero-order valence-corrected chi connectivity index (χ0v) is 21.0. The fraction of sp³-hybridized carbons (Fsp3) is 0.0303. The molecule has 0 spiro atoms. The fourth-order valence-corrected chi connectivity index (χ4v) is 7.89. The van der Waals surface area contributed by atoms with Gasteiger partial charge in [-0.15, -0.1) is 0 Å². The van der Waals surface area contributed by atoms with Crippen molar-refractivity contribution in [3.8, 4) is 22.4 Å². The van der Waals surface area contributed by atoms with Gasteiger partial charge in [0.15, 0.2) is 7.14 Å². The van der Waals surface area contributed by atoms with Crippen molar-refractivity contribution >= 4 is 34.0 Å². The van der Waals surface area contributed by atoms with Crippen molar-refractivity contribution in [2.75, 3.05) is 0 Å². The summed E-state index contributed by atoms with van der Waals surface area (Å²) in [7, 11) is -3.16. The number of hydrogen-bond donors (Lipinski definition) is 1. The lowest BCUT2D eigenvalue weighted by atomic mass is 9.97. The molecule has 0 fully saturated rings. The quantitative estimate of drug-likeness (QED) is 0.254. The van der Waals surface area contributed by atoms with Gasteiger partial charge in [0.25, 0.3) is 0 Å². The van der Waals surface area contributed by atoms with Crippen molar-refractivity contribution in [2.45, 2.75) is 6.92 Å². The molecule has 36 heavy (non-hydrogen) atoms. The number of aromatic amines is 1. The second-order valence-corrected chi connectivity index (χ2v) is 11.8. The zero-order chi connectivity index (χ0) is 24.5. The Hall–Kier alpha value is -4.13. The second-order valence-electron chi connectivity index (χ2n) is 9.08. The van der Waals surface area contributed by atoms with E-state index in [0.29, 0.717) is 0 Å². The van der Waals surface area contributed by atoms with Gasteiger partial charge in [-0.3, -0.25) is 0 Å². The minimum absolute atomic E-state index is 0.830. The molecule has 0 unspecified atom stereocenters. The Bertz CT molecular complexity index is 1660. The van der Waals surface area contributed by atoms with E-state index in [-0.39, 0.29) is 0 Å². The van der Waals surface area contributed by atoms with Gasteiger partial charge in [-0.2, -0.15) is 0 Å². The number of hydrogen-bond acceptors (Lipinski definition) is 1. The van der Waals surface area contributed by atoms with Crippen LogP contribution in [0, 0.1) is 6.92 Å². The fourth-order valence-electron chi connectivity index (χ4n) is 5.03. The summed E-state index contributed by atoms with van der Waals surface area (Å²) in [4.78, 5) is 3.69. The van der Waals surface area contributed by atoms with Gasteiger partial charge in [0, 0.05) is 37.9 Å². The van der Waals surface area contributed by atoms with Crippen molar-refractivity contribution in [3.05, 3.63) is 139 Å². The Morgan fingerprint density at radius 3 is 1.81 bits per heavy atom. The number of aromatic nitrogens is 1. The molecule has 0 radical (unpaired) electrons. The molecule has 0 aliphatic carbocycles. The van der Waals surface area contributed by atoms with Crippen LogP contribution in [0.5, 0.6) is 0 Å². The SMILES string of the molecule is Cc1ccc(-c2c(-c3ccccc3P(=O)(c3ccccc3)c3ccccc3)[nH]c3ccccc23)cc1. The van der Waals surface area contributed by atoms with Crippen LogP contribution in [-0.4, -0.2) is 4.98 Å². The third-order valence-corrected chi connectivity index (χ3v) is 9.92. The van der Waals surface area contributed by atoms with E-state index in [1.807, 2.05) is 84.9 Å². The van der Waals surface area contributed by atoms with Gasteiger partial charge in [-0.1, -0.05) is 133 Å². The van der Waals surface area contributed by atoms with Crippen LogP contribution >= 0.6 is 7.14 Å². The Labute approximate surface area is 211 Å². The third-order valence-electron chi connectivity index (χ3n) is 6.80. The molecule has 1 heterocycles. The molecule has 0 bridgehead atoms. The minimum Gasteiger partial charge on any atom is -0.354 e. The van der Waals surface area contributed by atoms with E-state index in [4.69, 9.17) is 0 Å². The maximum absolute atomic E-state index is 15.3. The average molecular weight is 484 g/mol. The first-order chi connectivity index (χ1) is 17.7. The molecule has 0 saturated heterocycles. The molecule has 6 rings (SSSR count). The van der Waals surface area contributed by atoms with Crippen molar-refractivity contribution < 1.29 is 4.57 Å². The summed E-state index contributed by atoms with van der Waals surface area (Å²) in [5, 5.41) is 3.65. The van der Waals surface area contributed by atoms with Gasteiger partial charge in [-0.25, -0.2) is 0 Å². The molecule has 0 atom stereocenters. The van der Waals surface area contributed by atoms with Crippen LogP contribution < -0.4 is 15.9 Å². The smallest absolute Gasteiger partial charge is 0.171 e. The number of para-hydroxylation sites is 1. The molecule has 0 amide bonds. The van der Waals surface area contributed by atoms with Crippen LogP contribution in [0.3, 0.4) is 0 Å². The Morgan fingerprint density at radius 2 is 1.14 bits per heavy atom. The number of nitrogens with one attached hydrogen (secondary N) is 1. The number of fused-ring (bicyclic) bond motifs is 1. The predicted octanol–water partition coefficient (Wildman–Crippen LogP) is 7.45. The molecule has 174 valence electrons. The van der Waals surface area contributed by atoms with Crippen LogP contribution in [0.15, 0.2) is 133 Å². The van der Waals surface area contributed by atoms with Crippen LogP contribution in [-0.2, 0) is 4.57 Å². The second kappa shape index (κ2) is 9.15. The van der Waals surface area contributed by atoms with E-state index in [1.54, 1.807) is 0 Å². The first-order valence-electron chi connectivity index (χ1n) is 12.2. The Balaban J connectivity index is 1.68. The number of benzene rings is 5. The molecule has 1 aromatic heterocycles. The molecule has 0 aliphatic rings. The van der Waals surface area contributed by atoms with Gasteiger partial charge in [0.1, 0.15) is 0 Å². The van der Waals surface area contributed by atoms with Crippen molar-refractivity contribution in [3.63, 3.8) is 0 Å². The van der Waals surface area contributed by atoms with E-state index in [9.17, 15) is 0 Å². The normalized spacial score (nSPS) is 11.6. The topological polar surface area (TPSA) is 32.9 Å². The van der Waals surface area contributed by atoms with Gasteiger partial charge >= 0.3 is 0 Å². The maximum Gasteiger partial charge on any atom is 0.171 e. The molecule has 6 aromatic rings. The highest BCUT2D eigenvalue weighted by molar-refractivity contribution is 7.85. The van der Waals surface area contributed by atoms with E-state index < -0.39 is 7.14 Å². The summed E-state index contributed by atoms with van der Waals surface area (Å²) in [6.07, 6.45) is 0. The zero-order valence-electron chi connectivity index (χ0n) is 20.1. The van der Waals surface area contributed by atoms with Crippen molar-refractivity contribution in [1.29, 1.82) is 0 Å². The van der Waals surface area contributed by atoms with Crippen LogP contribution in [0.4, 0.5) is 0 Å². The maximum atomic E-state index is 15.3. The molecular formula is C33H26NOP. The summed E-state index contributed by atoms with van der Waals surface area (Å²) in [6, 6.07) is 44.9. The highest BCUT2D eigenvalue weighted by Gasteiger charge is 2.33. The number of H-pyrrole nitrogens is 1. The highest BCUT2D eigenvalue weighted by atomic mass is 31.2. The summed E-state index contributed by atoms with van der Waals surface area (Å²) in [5.41, 5.74) is 6.50. The monoisotopic (exact) mass is 483 g/mol. The molecule has 0 aliphatic heterocycles. The van der Waals surface area contributed by atoms with Gasteiger partial charge in [0.2, 0.25) is 0 Å². The average Bonchev–Trinajstić information content (AvgIpc) is 3.33. The minimum atomic E-state index is -3.16. The standard InChI is InChI=1S/C33H26NOP/c1-24-20-22-25(23-21-24)32-28-16-8-10-18-30(28)34-33(32)29-17-9-11-19-31(29)36(35,26-12-4-2-5-13-26)27-14-6-3-7-15-27/h2-23,34H,1H3. The first kappa shape index (κ1) is 22.3. The summed E-state index contributed by atoms with van der Waals surface area (Å²) >= 11 is 0. The Morgan fingerprint density at radius 1 is 0.583 bits per heavy atom. The highest BCUT2D eigenvalue weighted by Crippen LogP contribution is 2.47. The molecule has 3 heteroatoms. The summed E-state index contributed by atoms with van der Waals surface area (Å²) in [6.45, 7) is 2.10. The van der Waals surface area contributed by atoms with E-state index >= 15 is 4.57 Å². The molecule has 5 aromatic carbocycles. The largest absolute Gasteiger partial charge is 0.354 e. The van der Waals surface area contributed by atoms with E-state index in [0.717, 1.165) is 49.2 Å². The van der Waals surface area contributed by atoms with Gasteiger partial charge in [-0.05, 0) is 18.6 Å². The lowest BCUT2D eigenvalue weighted by Gasteiger charge is -2.23. The van der Waals surface area contributed by atoms with Crippen molar-refractivity contribution in [1.82, 2.24) is 4.98 Å². The first-order valence-corrected chi connectivity index (χ1v) is 13.9. The van der Waals surface area contributed by atoms with Crippen molar-refractivity contribution in [2.24, 2.45) is 0 Å². The molecule has 0 saturated carbocycles. The van der Waals surface area contributed by atoms with Crippen LogP contribution in [0.2, 0.25) is 0 Å². The summed E-state index contributed by atoms with van der Waals surface area (Å²) in [5.74, 6) is 0. The van der Waals surface area contributed by atoms with Crippen LogP contribution in [0.1, 0.15) is 5.56 Å². The third kappa shape index (κ3) is 3.71. The van der Waals surface area contributed by atoms with Crippen LogP contribution in [0.25, 0.3) is 33.3 Å². The predicted molar refractivity (Wildman–Crippen MR) is 153 cm³/mol. The Kier molecular flexibility index (Phi) is 5.68. The van der Waals surface area contributed by atoms with Gasteiger partial charge < -0.3 is 9.55 Å². The lowest BCUT2D eigenvalue weighted by molar-refractivity contribution is 0.592. The van der Waals surface area contributed by atoms with E-state index in [1.165, 1.54) is 5.56 Å². The van der Waals surface area contributed by atoms with Gasteiger partial charge in [0.05, 0.1) is 5.69 Å². The molecule has 2 nitrogen and oxygen atoms in total. The number of rotatable bonds is 5. The molecule has 1 N–H and O–H groups in total. The lowest BCUT2D eigenvalue weighted by Crippen LogP contribution is -2.26.